The average Bonchev–Trinajstić information content (AvgIpc) is 2.80. The Morgan fingerprint density at radius 2 is 1.55 bits per heavy atom. The quantitative estimate of drug-likeness (QED) is 0.199. The second-order valence-corrected chi connectivity index (χ2v) is 9.46. The molecule has 14 heteroatoms. The zero-order valence-electron chi connectivity index (χ0n) is 20.4. The number of allylic oxidation sites excluding steroid dienone is 1. The Morgan fingerprint density at radius 1 is 0.925 bits per heavy atom. The predicted molar refractivity (Wildman–Crippen MR) is 124 cm³/mol. The normalized spacial score (nSPS) is 14.7. The summed E-state index contributed by atoms with van der Waals surface area (Å²) in [5.41, 5.74) is -4.25. The summed E-state index contributed by atoms with van der Waals surface area (Å²) in [6.45, 7) is 1.27. The molecular weight excluding hydrogens is 589 g/mol. The van der Waals surface area contributed by atoms with Crippen LogP contribution in [0.1, 0.15) is 65.6 Å². The second-order valence-electron chi connectivity index (χ2n) is 9.06. The SMILES string of the molecule is C[C@H](CC(=O)CCC(F)(F)F)CC(=O)c1ccc(/C(F)=C/C(c2ccc(F)c(Cl)c2)C(F)(F)F)cc1C(F)(F)F. The number of hydrogen-bond donors (Lipinski definition) is 0. The largest absolute Gasteiger partial charge is 0.417 e. The highest BCUT2D eigenvalue weighted by Crippen LogP contribution is 2.41. The second kappa shape index (κ2) is 12.7. The van der Waals surface area contributed by atoms with Crippen LogP contribution in [-0.4, -0.2) is 23.9 Å². The fourth-order valence-corrected chi connectivity index (χ4v) is 3.96. The molecule has 0 radical (unpaired) electrons. The molecule has 0 heterocycles. The van der Waals surface area contributed by atoms with Crippen molar-refractivity contribution < 1.29 is 57.9 Å². The summed E-state index contributed by atoms with van der Waals surface area (Å²) < 4.78 is 147. The van der Waals surface area contributed by atoms with E-state index >= 15 is 0 Å². The van der Waals surface area contributed by atoms with Crippen molar-refractivity contribution in [2.75, 3.05) is 0 Å². The lowest BCUT2D eigenvalue weighted by Crippen LogP contribution is -2.19. The van der Waals surface area contributed by atoms with E-state index in [-0.39, 0.29) is 12.1 Å². The first-order valence-electron chi connectivity index (χ1n) is 11.4. The Kier molecular flexibility index (Phi) is 10.6. The molecule has 0 saturated carbocycles. The number of hydrogen-bond acceptors (Lipinski definition) is 2. The molecule has 0 saturated heterocycles. The van der Waals surface area contributed by atoms with Crippen LogP contribution in [0.25, 0.3) is 5.83 Å². The van der Waals surface area contributed by atoms with Crippen molar-refractivity contribution in [3.63, 3.8) is 0 Å². The molecule has 2 aromatic carbocycles. The third-order valence-electron chi connectivity index (χ3n) is 5.67. The highest BCUT2D eigenvalue weighted by Gasteiger charge is 2.41. The van der Waals surface area contributed by atoms with Gasteiger partial charge in [0.05, 0.1) is 17.0 Å². The van der Waals surface area contributed by atoms with Gasteiger partial charge in [-0.2, -0.15) is 39.5 Å². The lowest BCUT2D eigenvalue weighted by Gasteiger charge is -2.19. The molecule has 0 amide bonds. The van der Waals surface area contributed by atoms with Crippen molar-refractivity contribution in [1.29, 1.82) is 0 Å². The van der Waals surface area contributed by atoms with Crippen LogP contribution in [0.5, 0.6) is 0 Å². The van der Waals surface area contributed by atoms with Gasteiger partial charge in [-0.1, -0.05) is 36.7 Å². The van der Waals surface area contributed by atoms with Gasteiger partial charge in [-0.05, 0) is 35.8 Å². The zero-order valence-corrected chi connectivity index (χ0v) is 21.1. The summed E-state index contributed by atoms with van der Waals surface area (Å²) in [7, 11) is 0. The summed E-state index contributed by atoms with van der Waals surface area (Å²) in [5.74, 6) is -8.43. The van der Waals surface area contributed by atoms with Crippen LogP contribution >= 0.6 is 11.6 Å². The molecule has 220 valence electrons. The van der Waals surface area contributed by atoms with Gasteiger partial charge in [0, 0.05) is 30.4 Å². The van der Waals surface area contributed by atoms with Crippen molar-refractivity contribution in [3.05, 3.63) is 75.6 Å². The van der Waals surface area contributed by atoms with Gasteiger partial charge < -0.3 is 0 Å². The molecule has 40 heavy (non-hydrogen) atoms. The van der Waals surface area contributed by atoms with E-state index in [1.54, 1.807) is 0 Å². The fourth-order valence-electron chi connectivity index (χ4n) is 3.77. The molecule has 0 fully saturated rings. The number of rotatable bonds is 10. The van der Waals surface area contributed by atoms with Crippen molar-refractivity contribution in [2.24, 2.45) is 5.92 Å². The number of benzene rings is 2. The molecule has 2 rings (SSSR count). The summed E-state index contributed by atoms with van der Waals surface area (Å²) >= 11 is 5.50. The molecule has 1 unspecified atom stereocenters. The first-order valence-corrected chi connectivity index (χ1v) is 11.8. The van der Waals surface area contributed by atoms with Gasteiger partial charge in [-0.25, -0.2) is 8.78 Å². The maximum atomic E-state index is 14.9. The standard InChI is InChI=1S/C26H20ClF11O2/c1-13(8-16(39)6-7-24(30,31)32)9-23(40)17-4-2-15(10-19(17)26(36,37)38)22(29)12-18(25(33,34)35)14-3-5-21(28)20(27)11-14/h2-5,10-13,18H,6-9H2,1H3/b22-12-/t13-,18?/m1/s1. The van der Waals surface area contributed by atoms with E-state index in [0.717, 1.165) is 0 Å². The number of carbonyl (C=O) groups is 2. The van der Waals surface area contributed by atoms with Gasteiger partial charge in [-0.15, -0.1) is 0 Å². The topological polar surface area (TPSA) is 34.1 Å². The summed E-state index contributed by atoms with van der Waals surface area (Å²) in [5, 5.41) is -0.695. The minimum Gasteiger partial charge on any atom is -0.300 e. The minimum absolute atomic E-state index is 0.0187. The molecule has 0 spiro atoms. The number of carbonyl (C=O) groups excluding carboxylic acids is 2. The Hall–Kier alpha value is -2.96. The first-order chi connectivity index (χ1) is 18.2. The molecule has 2 aromatic rings. The molecule has 0 aliphatic heterocycles. The molecular formula is C26H20ClF11O2. The third-order valence-corrected chi connectivity index (χ3v) is 5.96. The first kappa shape index (κ1) is 33.2. The lowest BCUT2D eigenvalue weighted by atomic mass is 9.91. The smallest absolute Gasteiger partial charge is 0.300 e. The Balaban J connectivity index is 2.36. The van der Waals surface area contributed by atoms with Crippen molar-refractivity contribution in [3.8, 4) is 0 Å². The highest BCUT2D eigenvalue weighted by molar-refractivity contribution is 6.30. The summed E-state index contributed by atoms with van der Waals surface area (Å²) in [6.07, 6.45) is -18.4. The van der Waals surface area contributed by atoms with E-state index in [1.165, 1.54) is 6.92 Å². The Morgan fingerprint density at radius 3 is 2.08 bits per heavy atom. The molecule has 0 aliphatic carbocycles. The van der Waals surface area contributed by atoms with Crippen LogP contribution in [0.15, 0.2) is 42.5 Å². The van der Waals surface area contributed by atoms with E-state index in [2.05, 4.69) is 0 Å². The van der Waals surface area contributed by atoms with E-state index in [1.807, 2.05) is 0 Å². The maximum absolute atomic E-state index is 14.9. The molecule has 0 bridgehead atoms. The van der Waals surface area contributed by atoms with Crippen LogP contribution in [0, 0.1) is 11.7 Å². The van der Waals surface area contributed by atoms with Gasteiger partial charge in [0.15, 0.2) is 5.78 Å². The number of ketones is 2. The van der Waals surface area contributed by atoms with E-state index in [9.17, 15) is 57.9 Å². The van der Waals surface area contributed by atoms with Crippen LogP contribution < -0.4 is 0 Å². The van der Waals surface area contributed by atoms with Gasteiger partial charge in [0.1, 0.15) is 23.3 Å². The monoisotopic (exact) mass is 608 g/mol. The van der Waals surface area contributed by atoms with E-state index in [4.69, 9.17) is 11.6 Å². The average molecular weight is 609 g/mol. The molecule has 2 nitrogen and oxygen atoms in total. The van der Waals surface area contributed by atoms with Crippen LogP contribution in [0.2, 0.25) is 5.02 Å². The van der Waals surface area contributed by atoms with E-state index < -0.39 is 107 Å². The Bertz CT molecular complexity index is 1260. The molecule has 0 aliphatic rings. The Labute approximate surface area is 225 Å². The summed E-state index contributed by atoms with van der Waals surface area (Å²) in [6, 6.07) is 3.23. The van der Waals surface area contributed by atoms with Crippen LogP contribution in [0.4, 0.5) is 48.3 Å². The van der Waals surface area contributed by atoms with Gasteiger partial charge >= 0.3 is 18.5 Å². The van der Waals surface area contributed by atoms with Crippen LogP contribution in [-0.2, 0) is 11.0 Å². The number of halogens is 12. The fraction of sp³-hybridized carbons (Fsp3) is 0.385. The predicted octanol–water partition coefficient (Wildman–Crippen LogP) is 9.66. The maximum Gasteiger partial charge on any atom is 0.417 e. The number of Topliss-reactive ketones (excluding diaryl/α,β-unsaturated/α-hetero) is 2. The van der Waals surface area contributed by atoms with Crippen molar-refractivity contribution in [1.82, 2.24) is 0 Å². The summed E-state index contributed by atoms with van der Waals surface area (Å²) in [4.78, 5) is 24.3. The molecule has 2 atom stereocenters. The van der Waals surface area contributed by atoms with Gasteiger partial charge in [0.2, 0.25) is 0 Å². The minimum atomic E-state index is -5.25. The van der Waals surface area contributed by atoms with Crippen LogP contribution in [0.3, 0.4) is 0 Å². The van der Waals surface area contributed by atoms with Gasteiger partial charge in [0.25, 0.3) is 0 Å². The zero-order chi connectivity index (χ0) is 30.6. The third kappa shape index (κ3) is 9.60. The van der Waals surface area contributed by atoms with E-state index in [0.29, 0.717) is 30.3 Å². The van der Waals surface area contributed by atoms with Crippen molar-refractivity contribution >= 4 is 29.0 Å². The molecule has 0 aromatic heterocycles. The highest BCUT2D eigenvalue weighted by atomic mass is 35.5. The van der Waals surface area contributed by atoms with Gasteiger partial charge in [-0.3, -0.25) is 9.59 Å². The molecule has 0 N–H and O–H groups in total. The lowest BCUT2D eigenvalue weighted by molar-refractivity contribution is -0.143. The van der Waals surface area contributed by atoms with Crippen molar-refractivity contribution in [2.45, 2.75) is 57.1 Å². The number of alkyl halides is 9.